The summed E-state index contributed by atoms with van der Waals surface area (Å²) in [5, 5.41) is 10.6. The van der Waals surface area contributed by atoms with E-state index in [9.17, 15) is 0 Å². The van der Waals surface area contributed by atoms with Crippen molar-refractivity contribution < 1.29 is 0 Å². The molecule has 2 aliphatic rings. The summed E-state index contributed by atoms with van der Waals surface area (Å²) in [6.45, 7) is 9.61. The lowest BCUT2D eigenvalue weighted by atomic mass is 9.79. The minimum absolute atomic E-state index is 0.0589. The molecular formula is C54H38S. The molecule has 0 amide bonds. The third-order valence-corrected chi connectivity index (χ3v) is 14.4. The van der Waals surface area contributed by atoms with Crippen LogP contribution in [0.15, 0.2) is 158 Å². The van der Waals surface area contributed by atoms with Gasteiger partial charge in [0.15, 0.2) is 0 Å². The zero-order valence-corrected chi connectivity index (χ0v) is 32.2. The Bertz CT molecular complexity index is 3260. The van der Waals surface area contributed by atoms with Gasteiger partial charge in [-0.3, -0.25) is 0 Å². The molecule has 12 rings (SSSR count). The number of rotatable bonds is 2. The Morgan fingerprint density at radius 2 is 0.945 bits per heavy atom. The molecule has 0 radical (unpaired) electrons. The zero-order valence-electron chi connectivity index (χ0n) is 31.4. The number of fused-ring (bicyclic) bond motifs is 14. The van der Waals surface area contributed by atoms with Crippen LogP contribution in [0.3, 0.4) is 0 Å². The number of thiophene rings is 1. The van der Waals surface area contributed by atoms with E-state index in [-0.39, 0.29) is 10.8 Å². The molecule has 0 atom stereocenters. The molecule has 1 heteroatoms. The first kappa shape index (κ1) is 31.3. The van der Waals surface area contributed by atoms with E-state index in [0.717, 1.165) is 0 Å². The van der Waals surface area contributed by atoms with Gasteiger partial charge in [0.1, 0.15) is 0 Å². The summed E-state index contributed by atoms with van der Waals surface area (Å²) < 4.78 is 2.76. The molecule has 10 aromatic rings. The molecule has 2 aliphatic carbocycles. The maximum absolute atomic E-state index is 2.50. The van der Waals surface area contributed by atoms with E-state index in [4.69, 9.17) is 0 Å². The van der Waals surface area contributed by atoms with Crippen LogP contribution >= 0.6 is 11.3 Å². The fourth-order valence-electron chi connectivity index (χ4n) is 10.7. The van der Waals surface area contributed by atoms with Crippen LogP contribution in [0.1, 0.15) is 49.9 Å². The lowest BCUT2D eigenvalue weighted by molar-refractivity contribution is 0.660. The molecule has 0 saturated heterocycles. The molecule has 0 bridgehead atoms. The first-order valence-electron chi connectivity index (χ1n) is 19.5. The summed E-state index contributed by atoms with van der Waals surface area (Å²) >= 11 is 1.94. The molecule has 55 heavy (non-hydrogen) atoms. The van der Waals surface area contributed by atoms with Gasteiger partial charge in [-0.2, -0.15) is 0 Å². The molecule has 0 nitrogen and oxygen atoms in total. The SMILES string of the molecule is CC1(C)c2ccccc2-c2ccc(-c3c4ccccc4c(-c4ccc5c(c4)-c4ccc6sc7c8ccccc8ccc7c6c4C5(C)C)c4ccccc34)cc21. The monoisotopic (exact) mass is 718 g/mol. The van der Waals surface area contributed by atoms with Crippen molar-refractivity contribution in [3.63, 3.8) is 0 Å². The van der Waals surface area contributed by atoms with Gasteiger partial charge < -0.3 is 0 Å². The molecule has 0 unspecified atom stereocenters. The zero-order chi connectivity index (χ0) is 36.8. The van der Waals surface area contributed by atoms with Crippen LogP contribution in [0, 0.1) is 0 Å². The van der Waals surface area contributed by atoms with E-state index in [1.54, 1.807) is 0 Å². The van der Waals surface area contributed by atoms with Gasteiger partial charge in [0.05, 0.1) is 0 Å². The average molecular weight is 719 g/mol. The van der Waals surface area contributed by atoms with Crippen molar-refractivity contribution in [1.29, 1.82) is 0 Å². The quantitative estimate of drug-likeness (QED) is 0.156. The van der Waals surface area contributed by atoms with Gasteiger partial charge >= 0.3 is 0 Å². The number of benzene rings is 9. The van der Waals surface area contributed by atoms with Crippen molar-refractivity contribution in [2.75, 3.05) is 0 Å². The maximum Gasteiger partial charge on any atom is 0.0433 e. The second kappa shape index (κ2) is 10.8. The Labute approximate surface area is 325 Å². The number of hydrogen-bond acceptors (Lipinski definition) is 1. The van der Waals surface area contributed by atoms with Crippen molar-refractivity contribution in [1.82, 2.24) is 0 Å². The average Bonchev–Trinajstić information content (AvgIpc) is 3.79. The topological polar surface area (TPSA) is 0 Å². The van der Waals surface area contributed by atoms with Crippen LogP contribution in [0.2, 0.25) is 0 Å². The number of hydrogen-bond donors (Lipinski definition) is 0. The van der Waals surface area contributed by atoms with Gasteiger partial charge in [-0.05, 0) is 117 Å². The Balaban J connectivity index is 1.09. The van der Waals surface area contributed by atoms with Gasteiger partial charge in [0, 0.05) is 31.0 Å². The van der Waals surface area contributed by atoms with Crippen LogP contribution in [0.5, 0.6) is 0 Å². The molecule has 1 aromatic heterocycles. The molecule has 0 saturated carbocycles. The second-order valence-corrected chi connectivity index (χ2v) is 17.8. The van der Waals surface area contributed by atoms with Crippen molar-refractivity contribution in [2.45, 2.75) is 38.5 Å². The van der Waals surface area contributed by atoms with Crippen molar-refractivity contribution >= 4 is 63.8 Å². The Morgan fingerprint density at radius 3 is 1.67 bits per heavy atom. The third-order valence-electron chi connectivity index (χ3n) is 13.2. The molecule has 0 aliphatic heterocycles. The van der Waals surface area contributed by atoms with E-state index < -0.39 is 0 Å². The van der Waals surface area contributed by atoms with Gasteiger partial charge in [-0.25, -0.2) is 0 Å². The molecule has 260 valence electrons. The highest BCUT2D eigenvalue weighted by atomic mass is 32.1. The summed E-state index contributed by atoms with van der Waals surface area (Å²) in [4.78, 5) is 0. The fourth-order valence-corrected chi connectivity index (χ4v) is 11.9. The molecule has 1 heterocycles. The highest BCUT2D eigenvalue weighted by Crippen LogP contribution is 2.56. The van der Waals surface area contributed by atoms with Crippen molar-refractivity contribution in [3.05, 3.63) is 180 Å². The lowest BCUT2D eigenvalue weighted by Crippen LogP contribution is -2.15. The fraction of sp³-hybridized carbons (Fsp3) is 0.111. The van der Waals surface area contributed by atoms with Crippen LogP contribution < -0.4 is 0 Å². The standard InChI is InChI=1S/C54H38S/c1-53(2)44-20-12-11-15-35(44)36-24-22-33(30-46(36)53)49-39-18-9-7-16-37(39)48(38-17-8-10-19-40(38)49)32-23-27-45-43(29-32)41-26-28-47-50(51(41)54(45,3)4)42-25-21-31-13-5-6-14-34(31)52(42)55-47/h5-30H,1-4H3. The predicted octanol–water partition coefficient (Wildman–Crippen LogP) is 15.5. The molecular weight excluding hydrogens is 681 g/mol. The van der Waals surface area contributed by atoms with Gasteiger partial charge in [0.2, 0.25) is 0 Å². The van der Waals surface area contributed by atoms with E-state index in [0.29, 0.717) is 0 Å². The summed E-state index contributed by atoms with van der Waals surface area (Å²) in [7, 11) is 0. The minimum atomic E-state index is -0.128. The Kier molecular flexibility index (Phi) is 6.16. The van der Waals surface area contributed by atoms with Gasteiger partial charge in [-0.15, -0.1) is 11.3 Å². The molecule has 0 spiro atoms. The van der Waals surface area contributed by atoms with E-state index in [1.807, 2.05) is 11.3 Å². The van der Waals surface area contributed by atoms with Crippen LogP contribution in [-0.4, -0.2) is 0 Å². The highest BCUT2D eigenvalue weighted by molar-refractivity contribution is 7.26. The predicted molar refractivity (Wildman–Crippen MR) is 238 cm³/mol. The van der Waals surface area contributed by atoms with E-state index in [2.05, 4.69) is 185 Å². The summed E-state index contributed by atoms with van der Waals surface area (Å²) in [6, 6.07) is 59.9. The first-order valence-corrected chi connectivity index (χ1v) is 20.3. The molecule has 0 N–H and O–H groups in total. The van der Waals surface area contributed by atoms with Gasteiger partial charge in [-0.1, -0.05) is 167 Å². The molecule has 9 aromatic carbocycles. The highest BCUT2D eigenvalue weighted by Gasteiger charge is 2.39. The summed E-state index contributed by atoms with van der Waals surface area (Å²) in [5.41, 5.74) is 16.1. The van der Waals surface area contributed by atoms with Crippen molar-refractivity contribution in [3.8, 4) is 44.5 Å². The van der Waals surface area contributed by atoms with Crippen LogP contribution in [-0.2, 0) is 10.8 Å². The summed E-state index contributed by atoms with van der Waals surface area (Å²) in [6.07, 6.45) is 0. The maximum atomic E-state index is 2.50. The van der Waals surface area contributed by atoms with Crippen LogP contribution in [0.4, 0.5) is 0 Å². The minimum Gasteiger partial charge on any atom is -0.135 e. The normalized spacial score (nSPS) is 14.8. The third kappa shape index (κ3) is 4.06. The van der Waals surface area contributed by atoms with E-state index >= 15 is 0 Å². The second-order valence-electron chi connectivity index (χ2n) is 16.8. The van der Waals surface area contributed by atoms with Crippen molar-refractivity contribution in [2.24, 2.45) is 0 Å². The largest absolute Gasteiger partial charge is 0.135 e. The van der Waals surface area contributed by atoms with Gasteiger partial charge in [0.25, 0.3) is 0 Å². The summed E-state index contributed by atoms with van der Waals surface area (Å²) in [5.74, 6) is 0. The Hall–Kier alpha value is -6.02. The molecule has 0 fully saturated rings. The first-order chi connectivity index (χ1) is 26.8. The van der Waals surface area contributed by atoms with E-state index in [1.165, 1.54) is 119 Å². The Morgan fingerprint density at radius 1 is 0.382 bits per heavy atom. The smallest absolute Gasteiger partial charge is 0.0433 e. The van der Waals surface area contributed by atoms with Crippen LogP contribution in [0.25, 0.3) is 97.0 Å². The lowest BCUT2D eigenvalue weighted by Gasteiger charge is -2.23.